The van der Waals surface area contributed by atoms with Gasteiger partial charge in [0, 0.05) is 7.05 Å². The molecule has 1 aromatic heterocycles. The lowest BCUT2D eigenvalue weighted by atomic mass is 10.2. The van der Waals surface area contributed by atoms with Crippen LogP contribution in [0.5, 0.6) is 5.75 Å². The smallest absolute Gasteiger partial charge is 0.198 e. The van der Waals surface area contributed by atoms with Crippen molar-refractivity contribution >= 4 is 5.78 Å². The summed E-state index contributed by atoms with van der Waals surface area (Å²) in [5.74, 6) is 0.513. The van der Waals surface area contributed by atoms with Gasteiger partial charge in [-0.25, -0.2) is 0 Å². The SMILES string of the molecule is CCNCC(=O)c1c(OC)cnn1C. The lowest BCUT2D eigenvalue weighted by Crippen LogP contribution is -2.24. The summed E-state index contributed by atoms with van der Waals surface area (Å²) >= 11 is 0. The molecule has 1 heterocycles. The van der Waals surface area contributed by atoms with E-state index in [1.54, 1.807) is 13.2 Å². The third kappa shape index (κ3) is 2.11. The van der Waals surface area contributed by atoms with Gasteiger partial charge in [-0.1, -0.05) is 6.92 Å². The van der Waals surface area contributed by atoms with E-state index in [0.717, 1.165) is 6.54 Å². The first-order valence-electron chi connectivity index (χ1n) is 4.50. The summed E-state index contributed by atoms with van der Waals surface area (Å²) in [5, 5.41) is 6.93. The molecule has 0 bridgehead atoms. The minimum Gasteiger partial charge on any atom is -0.493 e. The minimum atomic E-state index is -0.0105. The third-order valence-corrected chi connectivity index (χ3v) is 1.92. The number of carbonyl (C=O) groups is 1. The van der Waals surface area contributed by atoms with Crippen LogP contribution < -0.4 is 10.1 Å². The van der Waals surface area contributed by atoms with Crippen molar-refractivity contribution in [1.29, 1.82) is 0 Å². The highest BCUT2D eigenvalue weighted by Crippen LogP contribution is 2.16. The molecule has 0 saturated carbocycles. The topological polar surface area (TPSA) is 56.1 Å². The van der Waals surface area contributed by atoms with E-state index in [4.69, 9.17) is 4.74 Å². The molecule has 1 N–H and O–H groups in total. The fraction of sp³-hybridized carbons (Fsp3) is 0.556. The quantitative estimate of drug-likeness (QED) is 0.686. The van der Waals surface area contributed by atoms with Crippen LogP contribution in [0.25, 0.3) is 0 Å². The molecule has 0 aliphatic carbocycles. The number of ether oxygens (including phenoxy) is 1. The summed E-state index contributed by atoms with van der Waals surface area (Å²) in [6.45, 7) is 3.03. The van der Waals surface area contributed by atoms with E-state index in [1.165, 1.54) is 11.8 Å². The number of likely N-dealkylation sites (N-methyl/N-ethyl adjacent to an activating group) is 1. The van der Waals surface area contributed by atoms with E-state index in [-0.39, 0.29) is 5.78 Å². The van der Waals surface area contributed by atoms with Gasteiger partial charge in [-0.3, -0.25) is 9.48 Å². The fourth-order valence-corrected chi connectivity index (χ4v) is 1.21. The van der Waals surface area contributed by atoms with Gasteiger partial charge in [-0.2, -0.15) is 5.10 Å². The van der Waals surface area contributed by atoms with Crippen LogP contribution in [0.2, 0.25) is 0 Å². The van der Waals surface area contributed by atoms with E-state index >= 15 is 0 Å². The number of ketones is 1. The van der Waals surface area contributed by atoms with Crippen LogP contribution >= 0.6 is 0 Å². The Hall–Kier alpha value is -1.36. The predicted octanol–water partition coefficient (Wildman–Crippen LogP) is 0.221. The Balaban J connectivity index is 2.82. The standard InChI is InChI=1S/C9H15N3O2/c1-4-10-5-7(13)9-8(14-3)6-11-12(9)2/h6,10H,4-5H2,1-3H3. The van der Waals surface area contributed by atoms with Gasteiger partial charge in [-0.15, -0.1) is 0 Å². The highest BCUT2D eigenvalue weighted by Gasteiger charge is 2.16. The average molecular weight is 197 g/mol. The summed E-state index contributed by atoms with van der Waals surface area (Å²) < 4.78 is 6.56. The maximum absolute atomic E-state index is 11.7. The first kappa shape index (κ1) is 10.7. The monoisotopic (exact) mass is 197 g/mol. The largest absolute Gasteiger partial charge is 0.493 e. The van der Waals surface area contributed by atoms with E-state index in [9.17, 15) is 4.79 Å². The number of hydrogen-bond acceptors (Lipinski definition) is 4. The van der Waals surface area contributed by atoms with Crippen molar-refractivity contribution in [2.24, 2.45) is 7.05 Å². The van der Waals surface area contributed by atoms with Gasteiger partial charge in [0.2, 0.25) is 0 Å². The number of hydrogen-bond donors (Lipinski definition) is 1. The zero-order valence-electron chi connectivity index (χ0n) is 8.70. The van der Waals surface area contributed by atoms with Crippen LogP contribution in [-0.4, -0.2) is 35.8 Å². The van der Waals surface area contributed by atoms with Crippen molar-refractivity contribution in [3.05, 3.63) is 11.9 Å². The maximum atomic E-state index is 11.7. The summed E-state index contributed by atoms with van der Waals surface area (Å²) in [6, 6.07) is 0. The minimum absolute atomic E-state index is 0.0105. The molecule has 0 fully saturated rings. The van der Waals surface area contributed by atoms with E-state index in [1.807, 2.05) is 6.92 Å². The molecule has 78 valence electrons. The van der Waals surface area contributed by atoms with Crippen molar-refractivity contribution in [3.8, 4) is 5.75 Å². The van der Waals surface area contributed by atoms with Gasteiger partial charge in [0.05, 0.1) is 19.9 Å². The number of nitrogens with zero attached hydrogens (tertiary/aromatic N) is 2. The fourth-order valence-electron chi connectivity index (χ4n) is 1.21. The number of methoxy groups -OCH3 is 1. The number of aryl methyl sites for hydroxylation is 1. The Labute approximate surface area is 83.1 Å². The van der Waals surface area contributed by atoms with Crippen molar-refractivity contribution < 1.29 is 9.53 Å². The molecule has 1 aromatic rings. The molecule has 0 radical (unpaired) electrons. The van der Waals surface area contributed by atoms with Crippen LogP contribution in [-0.2, 0) is 7.05 Å². The van der Waals surface area contributed by atoms with Gasteiger partial charge >= 0.3 is 0 Å². The molecule has 0 aromatic carbocycles. The van der Waals surface area contributed by atoms with Gasteiger partial charge in [-0.05, 0) is 6.54 Å². The second-order valence-electron chi connectivity index (χ2n) is 2.89. The van der Waals surface area contributed by atoms with E-state index < -0.39 is 0 Å². The molecular formula is C9H15N3O2. The molecule has 14 heavy (non-hydrogen) atoms. The van der Waals surface area contributed by atoms with E-state index in [0.29, 0.717) is 18.0 Å². The van der Waals surface area contributed by atoms with Crippen LogP contribution in [0.3, 0.4) is 0 Å². The third-order valence-electron chi connectivity index (χ3n) is 1.92. The van der Waals surface area contributed by atoms with Gasteiger partial charge in [0.1, 0.15) is 5.69 Å². The van der Waals surface area contributed by atoms with Crippen molar-refractivity contribution in [2.75, 3.05) is 20.2 Å². The highest BCUT2D eigenvalue weighted by atomic mass is 16.5. The first-order chi connectivity index (χ1) is 6.70. The number of aromatic nitrogens is 2. The highest BCUT2D eigenvalue weighted by molar-refractivity contribution is 5.98. The van der Waals surface area contributed by atoms with Crippen LogP contribution in [0.15, 0.2) is 6.20 Å². The lowest BCUT2D eigenvalue weighted by Gasteiger charge is -2.04. The second-order valence-corrected chi connectivity index (χ2v) is 2.89. The Morgan fingerprint density at radius 1 is 1.71 bits per heavy atom. The molecular weight excluding hydrogens is 182 g/mol. The molecule has 0 spiro atoms. The van der Waals surface area contributed by atoms with Gasteiger partial charge in [0.25, 0.3) is 0 Å². The second kappa shape index (κ2) is 4.76. The predicted molar refractivity (Wildman–Crippen MR) is 52.6 cm³/mol. The zero-order valence-corrected chi connectivity index (χ0v) is 8.70. The Morgan fingerprint density at radius 3 is 3.00 bits per heavy atom. The number of rotatable bonds is 5. The summed E-state index contributed by atoms with van der Waals surface area (Å²) in [7, 11) is 3.25. The lowest BCUT2D eigenvalue weighted by molar-refractivity contribution is 0.0979. The molecule has 0 aliphatic rings. The zero-order chi connectivity index (χ0) is 10.6. The van der Waals surface area contributed by atoms with Gasteiger partial charge in [0.15, 0.2) is 11.5 Å². The van der Waals surface area contributed by atoms with Crippen LogP contribution in [0.4, 0.5) is 0 Å². The van der Waals surface area contributed by atoms with Crippen molar-refractivity contribution in [3.63, 3.8) is 0 Å². The maximum Gasteiger partial charge on any atom is 0.198 e. The Morgan fingerprint density at radius 2 is 2.43 bits per heavy atom. The average Bonchev–Trinajstić information content (AvgIpc) is 2.56. The molecule has 1 rings (SSSR count). The number of nitrogens with one attached hydrogen (secondary N) is 1. The normalized spacial score (nSPS) is 10.2. The van der Waals surface area contributed by atoms with Crippen molar-refractivity contribution in [2.45, 2.75) is 6.92 Å². The molecule has 0 atom stereocenters. The van der Waals surface area contributed by atoms with Crippen LogP contribution in [0.1, 0.15) is 17.4 Å². The Kier molecular flexibility index (Phi) is 3.64. The van der Waals surface area contributed by atoms with Gasteiger partial charge < -0.3 is 10.1 Å². The number of carbonyl (C=O) groups excluding carboxylic acids is 1. The first-order valence-corrected chi connectivity index (χ1v) is 4.50. The molecule has 5 nitrogen and oxygen atoms in total. The molecule has 0 saturated heterocycles. The van der Waals surface area contributed by atoms with E-state index in [2.05, 4.69) is 10.4 Å². The summed E-state index contributed by atoms with van der Waals surface area (Å²) in [5.41, 5.74) is 0.508. The Bertz CT molecular complexity index is 320. The molecule has 0 unspecified atom stereocenters. The summed E-state index contributed by atoms with van der Waals surface area (Å²) in [4.78, 5) is 11.7. The van der Waals surface area contributed by atoms with Crippen LogP contribution in [0, 0.1) is 0 Å². The summed E-state index contributed by atoms with van der Waals surface area (Å²) in [6.07, 6.45) is 1.54. The molecule has 0 amide bonds. The van der Waals surface area contributed by atoms with Crippen molar-refractivity contribution in [1.82, 2.24) is 15.1 Å². The molecule has 5 heteroatoms. The number of Topliss-reactive ketones (excluding diaryl/α,β-unsaturated/α-hetero) is 1. The molecule has 0 aliphatic heterocycles.